The predicted molar refractivity (Wildman–Crippen MR) is 68.7 cm³/mol. The molecule has 0 aliphatic carbocycles. The maximum absolute atomic E-state index is 13.7. The lowest BCUT2D eigenvalue weighted by molar-refractivity contribution is -0.115. The average molecular weight is 252 g/mol. The van der Waals surface area contributed by atoms with Crippen LogP contribution in [0, 0.1) is 5.82 Å². The normalized spacial score (nSPS) is 15.2. The minimum Gasteiger partial charge on any atom is -0.494 e. The lowest BCUT2D eigenvalue weighted by atomic mass is 10.2. The van der Waals surface area contributed by atoms with Crippen molar-refractivity contribution in [3.05, 3.63) is 17.9 Å². The summed E-state index contributed by atoms with van der Waals surface area (Å²) in [6.07, 6.45) is 0.400. The Morgan fingerprint density at radius 2 is 2.17 bits per heavy atom. The first-order chi connectivity index (χ1) is 8.52. The van der Waals surface area contributed by atoms with Crippen molar-refractivity contribution in [3.63, 3.8) is 0 Å². The lowest BCUT2D eigenvalue weighted by Crippen LogP contribution is -2.31. The number of methoxy groups -OCH3 is 1. The van der Waals surface area contributed by atoms with Crippen molar-refractivity contribution in [1.82, 2.24) is 0 Å². The minimum absolute atomic E-state index is 0.0935. The fourth-order valence-electron chi connectivity index (χ4n) is 2.13. The Hall–Kier alpha value is -1.78. The van der Waals surface area contributed by atoms with Crippen molar-refractivity contribution in [3.8, 4) is 5.75 Å². The second-order valence-corrected chi connectivity index (χ2v) is 4.59. The number of carbonyl (C=O) groups excluding carboxylic acids is 1. The number of fused-ring (bicyclic) bond motifs is 1. The first-order valence-electron chi connectivity index (χ1n) is 5.97. The number of nitrogens with zero attached hydrogens (tertiary/aromatic N) is 1. The molecule has 18 heavy (non-hydrogen) atoms. The lowest BCUT2D eigenvalue weighted by Gasteiger charge is -2.28. The molecule has 0 fully saturated rings. The molecule has 1 aromatic rings. The predicted octanol–water partition coefficient (Wildman–Crippen LogP) is 2.39. The van der Waals surface area contributed by atoms with Crippen LogP contribution in [0.25, 0.3) is 0 Å². The van der Waals surface area contributed by atoms with Crippen LogP contribution in [-0.4, -0.2) is 25.6 Å². The molecule has 4 nitrogen and oxygen atoms in total. The third-order valence-electron chi connectivity index (χ3n) is 3.06. The molecule has 0 spiro atoms. The van der Waals surface area contributed by atoms with E-state index in [1.165, 1.54) is 13.2 Å². The van der Waals surface area contributed by atoms with Gasteiger partial charge in [-0.2, -0.15) is 0 Å². The van der Waals surface area contributed by atoms with Gasteiger partial charge in [-0.25, -0.2) is 4.39 Å². The van der Waals surface area contributed by atoms with Crippen molar-refractivity contribution < 1.29 is 13.9 Å². The first kappa shape index (κ1) is 12.7. The fraction of sp³-hybridized carbons (Fsp3) is 0.462. The molecule has 0 bridgehead atoms. The Kier molecular flexibility index (Phi) is 3.41. The molecule has 5 heteroatoms. The topological polar surface area (TPSA) is 41.6 Å². The molecule has 0 atom stereocenters. The molecule has 1 aliphatic heterocycles. The van der Waals surface area contributed by atoms with E-state index in [4.69, 9.17) is 4.74 Å². The Bertz CT molecular complexity index is 474. The fourth-order valence-corrected chi connectivity index (χ4v) is 2.13. The van der Waals surface area contributed by atoms with E-state index in [9.17, 15) is 9.18 Å². The van der Waals surface area contributed by atoms with Gasteiger partial charge in [-0.15, -0.1) is 0 Å². The number of amides is 1. The molecular weight excluding hydrogens is 235 g/mol. The van der Waals surface area contributed by atoms with Crippen LogP contribution in [0.1, 0.15) is 20.3 Å². The quantitative estimate of drug-likeness (QED) is 0.878. The summed E-state index contributed by atoms with van der Waals surface area (Å²) in [6, 6.07) is 3.18. The number of carbonyl (C=O) groups is 1. The summed E-state index contributed by atoms with van der Waals surface area (Å²) in [6.45, 7) is 4.69. The highest BCUT2D eigenvalue weighted by Crippen LogP contribution is 2.35. The minimum atomic E-state index is -0.470. The van der Waals surface area contributed by atoms with Crippen LogP contribution in [-0.2, 0) is 4.79 Å². The Morgan fingerprint density at radius 1 is 1.44 bits per heavy atom. The number of hydrogen-bond donors (Lipinski definition) is 1. The first-order valence-corrected chi connectivity index (χ1v) is 5.97. The highest BCUT2D eigenvalue weighted by Gasteiger charge is 2.23. The molecular formula is C13H17FN2O2. The molecule has 0 radical (unpaired) electrons. The van der Waals surface area contributed by atoms with Crippen LogP contribution in [0.2, 0.25) is 0 Å². The van der Waals surface area contributed by atoms with Crippen molar-refractivity contribution in [1.29, 1.82) is 0 Å². The van der Waals surface area contributed by atoms with Gasteiger partial charge >= 0.3 is 0 Å². The number of rotatable bonds is 2. The van der Waals surface area contributed by atoms with Gasteiger partial charge < -0.3 is 15.0 Å². The molecule has 0 unspecified atom stereocenters. The summed E-state index contributed by atoms with van der Waals surface area (Å²) < 4.78 is 18.7. The SMILES string of the molecule is COc1cc2c(cc1F)NC(=O)CCN2C(C)C. The number of halogens is 1. The van der Waals surface area contributed by atoms with Crippen LogP contribution >= 0.6 is 0 Å². The van der Waals surface area contributed by atoms with Gasteiger partial charge in [0.25, 0.3) is 0 Å². The van der Waals surface area contributed by atoms with Crippen molar-refractivity contribution in [2.24, 2.45) is 0 Å². The summed E-state index contributed by atoms with van der Waals surface area (Å²) in [5, 5.41) is 2.72. The number of ether oxygens (including phenoxy) is 1. The van der Waals surface area contributed by atoms with E-state index in [-0.39, 0.29) is 17.7 Å². The third-order valence-corrected chi connectivity index (χ3v) is 3.06. The van der Waals surface area contributed by atoms with Gasteiger partial charge in [0.1, 0.15) is 0 Å². The summed E-state index contributed by atoms with van der Waals surface area (Å²) in [5.41, 5.74) is 1.30. The largest absolute Gasteiger partial charge is 0.494 e. The molecule has 1 amide bonds. The Morgan fingerprint density at radius 3 is 2.78 bits per heavy atom. The maximum Gasteiger partial charge on any atom is 0.226 e. The van der Waals surface area contributed by atoms with Crippen LogP contribution < -0.4 is 15.0 Å². The van der Waals surface area contributed by atoms with Gasteiger partial charge in [0.05, 0.1) is 18.5 Å². The number of nitrogens with one attached hydrogen (secondary N) is 1. The Balaban J connectivity index is 2.53. The van der Waals surface area contributed by atoms with Crippen molar-refractivity contribution in [2.75, 3.05) is 23.9 Å². The van der Waals surface area contributed by atoms with Gasteiger partial charge in [0.2, 0.25) is 5.91 Å². The van der Waals surface area contributed by atoms with Crippen LogP contribution in [0.15, 0.2) is 12.1 Å². The van der Waals surface area contributed by atoms with Gasteiger partial charge in [-0.3, -0.25) is 4.79 Å². The third kappa shape index (κ3) is 2.25. The summed E-state index contributed by atoms with van der Waals surface area (Å²) in [5.74, 6) is -0.373. The highest BCUT2D eigenvalue weighted by molar-refractivity contribution is 5.96. The molecule has 1 heterocycles. The van der Waals surface area contributed by atoms with Crippen LogP contribution in [0.4, 0.5) is 15.8 Å². The highest BCUT2D eigenvalue weighted by atomic mass is 19.1. The monoisotopic (exact) mass is 252 g/mol. The van der Waals surface area contributed by atoms with E-state index in [2.05, 4.69) is 10.2 Å². The molecule has 1 aliphatic rings. The maximum atomic E-state index is 13.7. The number of anilines is 2. The second kappa shape index (κ2) is 4.84. The standard InChI is InChI=1S/C13H17FN2O2/c1-8(2)16-5-4-13(17)15-10-6-9(14)12(18-3)7-11(10)16/h6-8H,4-5H2,1-3H3,(H,15,17). The van der Waals surface area contributed by atoms with E-state index in [1.807, 2.05) is 13.8 Å². The summed E-state index contributed by atoms with van der Waals surface area (Å²) in [7, 11) is 1.43. The van der Waals surface area contributed by atoms with Crippen LogP contribution in [0.5, 0.6) is 5.75 Å². The molecule has 0 aromatic heterocycles. The van der Waals surface area contributed by atoms with Crippen molar-refractivity contribution >= 4 is 17.3 Å². The zero-order valence-corrected chi connectivity index (χ0v) is 10.8. The van der Waals surface area contributed by atoms with Crippen molar-refractivity contribution in [2.45, 2.75) is 26.3 Å². The smallest absolute Gasteiger partial charge is 0.226 e. The molecule has 1 aromatic carbocycles. The zero-order valence-electron chi connectivity index (χ0n) is 10.8. The van der Waals surface area contributed by atoms with E-state index >= 15 is 0 Å². The van der Waals surface area contributed by atoms with Gasteiger partial charge in [0, 0.05) is 31.1 Å². The van der Waals surface area contributed by atoms with Gasteiger partial charge in [-0.05, 0) is 13.8 Å². The number of benzene rings is 1. The summed E-state index contributed by atoms with van der Waals surface area (Å²) >= 11 is 0. The van der Waals surface area contributed by atoms with E-state index in [0.717, 1.165) is 5.69 Å². The van der Waals surface area contributed by atoms with Gasteiger partial charge in [-0.1, -0.05) is 0 Å². The van der Waals surface area contributed by atoms with Crippen LogP contribution in [0.3, 0.4) is 0 Å². The second-order valence-electron chi connectivity index (χ2n) is 4.59. The van der Waals surface area contributed by atoms with E-state index in [1.54, 1.807) is 6.07 Å². The molecule has 98 valence electrons. The Labute approximate surface area is 106 Å². The summed E-state index contributed by atoms with van der Waals surface area (Å²) in [4.78, 5) is 13.7. The molecule has 0 saturated heterocycles. The average Bonchev–Trinajstić information content (AvgIpc) is 2.46. The zero-order chi connectivity index (χ0) is 13.3. The van der Waals surface area contributed by atoms with E-state index < -0.39 is 5.82 Å². The number of hydrogen-bond acceptors (Lipinski definition) is 3. The van der Waals surface area contributed by atoms with E-state index in [0.29, 0.717) is 18.7 Å². The molecule has 1 N–H and O–H groups in total. The molecule has 2 rings (SSSR count). The molecule has 0 saturated carbocycles. The van der Waals surface area contributed by atoms with Gasteiger partial charge in [0.15, 0.2) is 11.6 Å².